The molecule has 0 aromatic carbocycles. The molecule has 1 saturated carbocycles. The molecule has 0 spiro atoms. The van der Waals surface area contributed by atoms with Crippen molar-refractivity contribution in [2.75, 3.05) is 33.9 Å². The van der Waals surface area contributed by atoms with E-state index in [0.717, 1.165) is 31.5 Å². The van der Waals surface area contributed by atoms with E-state index in [4.69, 9.17) is 4.74 Å². The highest BCUT2D eigenvalue weighted by Gasteiger charge is 2.36. The summed E-state index contributed by atoms with van der Waals surface area (Å²) in [6.45, 7) is 10.0. The predicted molar refractivity (Wildman–Crippen MR) is 73.3 cm³/mol. The molecule has 4 atom stereocenters. The topological polar surface area (TPSA) is 24.5 Å². The van der Waals surface area contributed by atoms with E-state index in [1.807, 2.05) is 0 Å². The standard InChI is InChI=1S/C14H30N2O/c1-6-16(7-8-17-5)14-12(3)9-11(2)10-13(14)15-4/h11-15H,6-10H2,1-5H3. The van der Waals surface area contributed by atoms with Gasteiger partial charge in [0.05, 0.1) is 6.61 Å². The maximum Gasteiger partial charge on any atom is 0.0589 e. The first-order valence-electron chi connectivity index (χ1n) is 7.04. The number of nitrogens with one attached hydrogen (secondary N) is 1. The smallest absolute Gasteiger partial charge is 0.0589 e. The number of methoxy groups -OCH3 is 1. The number of hydrogen-bond donors (Lipinski definition) is 1. The maximum atomic E-state index is 5.23. The van der Waals surface area contributed by atoms with Gasteiger partial charge in [-0.1, -0.05) is 20.8 Å². The van der Waals surface area contributed by atoms with Crippen LogP contribution in [0.1, 0.15) is 33.6 Å². The van der Waals surface area contributed by atoms with E-state index in [1.54, 1.807) is 7.11 Å². The first-order valence-corrected chi connectivity index (χ1v) is 7.04. The summed E-state index contributed by atoms with van der Waals surface area (Å²) in [5.41, 5.74) is 0. The van der Waals surface area contributed by atoms with Crippen LogP contribution in [0.5, 0.6) is 0 Å². The molecule has 0 aromatic rings. The maximum absolute atomic E-state index is 5.23. The molecule has 4 unspecified atom stereocenters. The normalized spacial score (nSPS) is 34.2. The molecule has 0 radical (unpaired) electrons. The molecular formula is C14H30N2O. The Morgan fingerprint density at radius 1 is 1.29 bits per heavy atom. The fraction of sp³-hybridized carbons (Fsp3) is 1.00. The van der Waals surface area contributed by atoms with Crippen LogP contribution in [0, 0.1) is 11.8 Å². The third kappa shape index (κ3) is 3.94. The molecule has 1 aliphatic rings. The molecule has 0 heterocycles. The van der Waals surface area contributed by atoms with Gasteiger partial charge in [-0.05, 0) is 38.3 Å². The lowest BCUT2D eigenvalue weighted by molar-refractivity contribution is 0.0471. The number of likely N-dealkylation sites (N-methyl/N-ethyl adjacent to an activating group) is 2. The highest BCUT2D eigenvalue weighted by atomic mass is 16.5. The molecule has 0 aromatic heterocycles. The van der Waals surface area contributed by atoms with Crippen molar-refractivity contribution in [3.8, 4) is 0 Å². The van der Waals surface area contributed by atoms with E-state index in [9.17, 15) is 0 Å². The monoisotopic (exact) mass is 242 g/mol. The second-order valence-electron chi connectivity index (χ2n) is 5.56. The largest absolute Gasteiger partial charge is 0.383 e. The van der Waals surface area contributed by atoms with Gasteiger partial charge >= 0.3 is 0 Å². The SMILES string of the molecule is CCN(CCOC)C1C(C)CC(C)CC1NC. The van der Waals surface area contributed by atoms with Crippen LogP contribution in [0.4, 0.5) is 0 Å². The quantitative estimate of drug-likeness (QED) is 0.771. The van der Waals surface area contributed by atoms with Crippen LogP contribution in [0.15, 0.2) is 0 Å². The van der Waals surface area contributed by atoms with Crippen molar-refractivity contribution in [3.63, 3.8) is 0 Å². The molecule has 1 N–H and O–H groups in total. The summed E-state index contributed by atoms with van der Waals surface area (Å²) in [5, 5.41) is 3.52. The van der Waals surface area contributed by atoms with Gasteiger partial charge in [0.2, 0.25) is 0 Å². The summed E-state index contributed by atoms with van der Waals surface area (Å²) < 4.78 is 5.23. The fourth-order valence-corrected chi connectivity index (χ4v) is 3.47. The molecule has 0 bridgehead atoms. The number of rotatable bonds is 6. The molecule has 1 fully saturated rings. The van der Waals surface area contributed by atoms with Crippen molar-refractivity contribution in [3.05, 3.63) is 0 Å². The minimum atomic E-state index is 0.630. The zero-order chi connectivity index (χ0) is 12.8. The lowest BCUT2D eigenvalue weighted by Gasteiger charge is -2.45. The average molecular weight is 242 g/mol. The Morgan fingerprint density at radius 2 is 2.00 bits per heavy atom. The molecule has 1 aliphatic carbocycles. The van der Waals surface area contributed by atoms with E-state index >= 15 is 0 Å². The zero-order valence-electron chi connectivity index (χ0n) is 12.2. The average Bonchev–Trinajstić information content (AvgIpc) is 2.31. The van der Waals surface area contributed by atoms with Crippen LogP contribution < -0.4 is 5.32 Å². The minimum Gasteiger partial charge on any atom is -0.383 e. The molecule has 102 valence electrons. The molecule has 0 aliphatic heterocycles. The molecule has 17 heavy (non-hydrogen) atoms. The van der Waals surface area contributed by atoms with Crippen molar-refractivity contribution in [2.24, 2.45) is 11.8 Å². The Morgan fingerprint density at radius 3 is 2.53 bits per heavy atom. The van der Waals surface area contributed by atoms with Gasteiger partial charge in [-0.25, -0.2) is 0 Å². The van der Waals surface area contributed by atoms with E-state index in [2.05, 4.69) is 38.0 Å². The lowest BCUT2D eigenvalue weighted by atomic mass is 9.76. The third-order valence-electron chi connectivity index (χ3n) is 4.21. The Hall–Kier alpha value is -0.120. The van der Waals surface area contributed by atoms with Crippen LogP contribution in [-0.2, 0) is 4.74 Å². The van der Waals surface area contributed by atoms with Crippen LogP contribution in [0.2, 0.25) is 0 Å². The zero-order valence-corrected chi connectivity index (χ0v) is 12.2. The highest BCUT2D eigenvalue weighted by Crippen LogP contribution is 2.32. The molecular weight excluding hydrogens is 212 g/mol. The first-order chi connectivity index (χ1) is 8.13. The minimum absolute atomic E-state index is 0.630. The predicted octanol–water partition coefficient (Wildman–Crippen LogP) is 1.98. The van der Waals surface area contributed by atoms with Gasteiger partial charge in [0.1, 0.15) is 0 Å². The van der Waals surface area contributed by atoms with Crippen LogP contribution in [-0.4, -0.2) is 50.8 Å². The van der Waals surface area contributed by atoms with Gasteiger partial charge in [0.15, 0.2) is 0 Å². The summed E-state index contributed by atoms with van der Waals surface area (Å²) in [6.07, 6.45) is 2.65. The number of ether oxygens (including phenoxy) is 1. The number of nitrogens with zero attached hydrogens (tertiary/aromatic N) is 1. The third-order valence-corrected chi connectivity index (χ3v) is 4.21. The van der Waals surface area contributed by atoms with Gasteiger partial charge in [-0.2, -0.15) is 0 Å². The summed E-state index contributed by atoms with van der Waals surface area (Å²) in [5.74, 6) is 1.62. The van der Waals surface area contributed by atoms with Crippen molar-refractivity contribution < 1.29 is 4.74 Å². The Labute approximate surface area is 107 Å². The summed E-state index contributed by atoms with van der Waals surface area (Å²) in [6, 6.07) is 1.29. The Balaban J connectivity index is 2.67. The van der Waals surface area contributed by atoms with E-state index in [-0.39, 0.29) is 0 Å². The van der Waals surface area contributed by atoms with E-state index in [1.165, 1.54) is 12.8 Å². The van der Waals surface area contributed by atoms with Crippen LogP contribution in [0.3, 0.4) is 0 Å². The van der Waals surface area contributed by atoms with Crippen molar-refractivity contribution in [1.29, 1.82) is 0 Å². The van der Waals surface area contributed by atoms with Crippen LogP contribution in [0.25, 0.3) is 0 Å². The van der Waals surface area contributed by atoms with Gasteiger partial charge in [-0.15, -0.1) is 0 Å². The molecule has 0 amide bonds. The first kappa shape index (κ1) is 14.9. The molecule has 1 rings (SSSR count). The van der Waals surface area contributed by atoms with Crippen molar-refractivity contribution >= 4 is 0 Å². The molecule has 0 saturated heterocycles. The Bertz CT molecular complexity index is 210. The highest BCUT2D eigenvalue weighted by molar-refractivity contribution is 4.93. The second-order valence-corrected chi connectivity index (χ2v) is 5.56. The van der Waals surface area contributed by atoms with Crippen LogP contribution >= 0.6 is 0 Å². The molecule has 3 nitrogen and oxygen atoms in total. The van der Waals surface area contributed by atoms with Crippen molar-refractivity contribution in [2.45, 2.75) is 45.7 Å². The van der Waals surface area contributed by atoms with Gasteiger partial charge in [0.25, 0.3) is 0 Å². The second kappa shape index (κ2) is 7.34. The summed E-state index contributed by atoms with van der Waals surface area (Å²) >= 11 is 0. The van der Waals surface area contributed by atoms with E-state index < -0.39 is 0 Å². The summed E-state index contributed by atoms with van der Waals surface area (Å²) in [4.78, 5) is 2.58. The van der Waals surface area contributed by atoms with Gasteiger partial charge in [0, 0.05) is 25.7 Å². The Kier molecular flexibility index (Phi) is 6.45. The number of hydrogen-bond acceptors (Lipinski definition) is 3. The fourth-order valence-electron chi connectivity index (χ4n) is 3.47. The van der Waals surface area contributed by atoms with Crippen molar-refractivity contribution in [1.82, 2.24) is 10.2 Å². The lowest BCUT2D eigenvalue weighted by Crippen LogP contribution is -2.56. The summed E-state index contributed by atoms with van der Waals surface area (Å²) in [7, 11) is 3.89. The van der Waals surface area contributed by atoms with E-state index in [0.29, 0.717) is 12.1 Å². The van der Waals surface area contributed by atoms with Gasteiger partial charge in [-0.3, -0.25) is 4.90 Å². The molecule has 3 heteroatoms. The van der Waals surface area contributed by atoms with Gasteiger partial charge < -0.3 is 10.1 Å².